The molecule has 0 heterocycles. The van der Waals surface area contributed by atoms with E-state index >= 15 is 0 Å². The van der Waals surface area contributed by atoms with Crippen molar-refractivity contribution in [2.45, 2.75) is 19.8 Å². The van der Waals surface area contributed by atoms with Crippen LogP contribution in [0.2, 0.25) is 0 Å². The normalized spacial score (nSPS) is 11.9. The number of hydrogen-bond acceptors (Lipinski definition) is 2. The summed E-state index contributed by atoms with van der Waals surface area (Å²) >= 11 is 5.45. The number of carboxylic acid groups (broad SMARTS) is 1. The maximum absolute atomic E-state index is 12.0. The van der Waals surface area contributed by atoms with Crippen molar-refractivity contribution >= 4 is 50.4 Å². The van der Waals surface area contributed by atoms with E-state index in [1.807, 2.05) is 19.1 Å². The lowest BCUT2D eigenvalue weighted by molar-refractivity contribution is -0.137. The molecule has 1 aromatic carbocycles. The van der Waals surface area contributed by atoms with Crippen molar-refractivity contribution in [1.29, 1.82) is 0 Å². The van der Waals surface area contributed by atoms with Crippen molar-refractivity contribution in [1.82, 2.24) is 5.32 Å². The number of amides is 1. The largest absolute Gasteiger partial charge is 0.481 e. The molecule has 0 aliphatic heterocycles. The Balaban J connectivity index is 2.51. The molecule has 19 heavy (non-hydrogen) atoms. The Kier molecular flexibility index (Phi) is 6.78. The average Bonchev–Trinajstić information content (AvgIpc) is 2.36. The lowest BCUT2D eigenvalue weighted by Gasteiger charge is -2.12. The summed E-state index contributed by atoms with van der Waals surface area (Å²) in [4.78, 5) is 22.5. The number of aliphatic carboxylic acids is 1. The SMILES string of the molecule is CC(CCC(=O)O)CNC(=O)c1cc(Br)ccc1I. The second-order valence-corrected chi connectivity index (χ2v) is 6.45. The molecular formula is C13H15BrINO3. The minimum absolute atomic E-state index is 0.130. The number of benzene rings is 1. The molecule has 0 spiro atoms. The first-order valence-corrected chi connectivity index (χ1v) is 7.72. The van der Waals surface area contributed by atoms with Crippen LogP contribution in [0, 0.1) is 9.49 Å². The smallest absolute Gasteiger partial charge is 0.303 e. The Labute approximate surface area is 134 Å². The van der Waals surface area contributed by atoms with E-state index in [9.17, 15) is 9.59 Å². The number of carbonyl (C=O) groups is 2. The fraction of sp³-hybridized carbons (Fsp3) is 0.385. The summed E-state index contributed by atoms with van der Waals surface area (Å²) in [6.45, 7) is 2.41. The lowest BCUT2D eigenvalue weighted by Crippen LogP contribution is -2.29. The van der Waals surface area contributed by atoms with Gasteiger partial charge in [-0.25, -0.2) is 0 Å². The summed E-state index contributed by atoms with van der Waals surface area (Å²) < 4.78 is 1.74. The summed E-state index contributed by atoms with van der Waals surface area (Å²) in [5, 5.41) is 11.4. The fourth-order valence-corrected chi connectivity index (χ4v) is 2.45. The maximum Gasteiger partial charge on any atom is 0.303 e. The van der Waals surface area contributed by atoms with Gasteiger partial charge in [0.1, 0.15) is 0 Å². The van der Waals surface area contributed by atoms with Gasteiger partial charge in [-0.05, 0) is 53.1 Å². The predicted molar refractivity (Wildman–Crippen MR) is 85.2 cm³/mol. The van der Waals surface area contributed by atoms with Crippen molar-refractivity contribution in [3.05, 3.63) is 31.8 Å². The lowest BCUT2D eigenvalue weighted by atomic mass is 10.1. The molecule has 1 unspecified atom stereocenters. The number of nitrogens with one attached hydrogen (secondary N) is 1. The summed E-state index contributed by atoms with van der Waals surface area (Å²) in [6, 6.07) is 5.53. The zero-order valence-corrected chi connectivity index (χ0v) is 14.2. The molecule has 2 N–H and O–H groups in total. The molecule has 0 aliphatic rings. The quantitative estimate of drug-likeness (QED) is 0.668. The van der Waals surface area contributed by atoms with E-state index in [1.54, 1.807) is 6.07 Å². The Morgan fingerprint density at radius 3 is 2.79 bits per heavy atom. The Hall–Kier alpha value is -0.630. The van der Waals surface area contributed by atoms with Gasteiger partial charge in [-0.15, -0.1) is 0 Å². The first-order chi connectivity index (χ1) is 8.90. The molecule has 0 radical (unpaired) electrons. The third-order valence-corrected chi connectivity index (χ3v) is 4.07. The second-order valence-electron chi connectivity index (χ2n) is 4.37. The zero-order chi connectivity index (χ0) is 14.4. The minimum Gasteiger partial charge on any atom is -0.481 e. The highest BCUT2D eigenvalue weighted by Gasteiger charge is 2.12. The van der Waals surface area contributed by atoms with Gasteiger partial charge >= 0.3 is 5.97 Å². The van der Waals surface area contributed by atoms with Crippen LogP contribution in [0.3, 0.4) is 0 Å². The van der Waals surface area contributed by atoms with Gasteiger partial charge in [-0.3, -0.25) is 9.59 Å². The van der Waals surface area contributed by atoms with Crippen LogP contribution in [-0.4, -0.2) is 23.5 Å². The van der Waals surface area contributed by atoms with Crippen LogP contribution in [0.1, 0.15) is 30.1 Å². The van der Waals surface area contributed by atoms with E-state index in [1.165, 1.54) is 0 Å². The molecular weight excluding hydrogens is 425 g/mol. The van der Waals surface area contributed by atoms with Crippen molar-refractivity contribution in [3.63, 3.8) is 0 Å². The first kappa shape index (κ1) is 16.4. The molecule has 1 amide bonds. The van der Waals surface area contributed by atoms with E-state index in [2.05, 4.69) is 43.8 Å². The molecule has 1 atom stereocenters. The average molecular weight is 440 g/mol. The van der Waals surface area contributed by atoms with Crippen molar-refractivity contribution in [2.24, 2.45) is 5.92 Å². The minimum atomic E-state index is -0.806. The van der Waals surface area contributed by atoms with Gasteiger partial charge in [-0.2, -0.15) is 0 Å². The fourth-order valence-electron chi connectivity index (χ4n) is 1.51. The van der Waals surface area contributed by atoms with E-state index < -0.39 is 5.97 Å². The monoisotopic (exact) mass is 439 g/mol. The van der Waals surface area contributed by atoms with E-state index in [0.29, 0.717) is 18.5 Å². The van der Waals surface area contributed by atoms with Gasteiger partial charge in [0.05, 0.1) is 5.56 Å². The van der Waals surface area contributed by atoms with Crippen molar-refractivity contribution in [3.8, 4) is 0 Å². The van der Waals surface area contributed by atoms with Gasteiger partial charge in [0.2, 0.25) is 0 Å². The topological polar surface area (TPSA) is 66.4 Å². The van der Waals surface area contributed by atoms with E-state index in [-0.39, 0.29) is 18.2 Å². The molecule has 6 heteroatoms. The van der Waals surface area contributed by atoms with Crippen LogP contribution in [0.25, 0.3) is 0 Å². The second kappa shape index (κ2) is 7.84. The van der Waals surface area contributed by atoms with Gasteiger partial charge in [0, 0.05) is 21.0 Å². The summed E-state index contributed by atoms with van der Waals surface area (Å²) in [7, 11) is 0. The summed E-state index contributed by atoms with van der Waals surface area (Å²) in [5.41, 5.74) is 0.625. The third-order valence-electron chi connectivity index (χ3n) is 2.64. The summed E-state index contributed by atoms with van der Waals surface area (Å²) in [6.07, 6.45) is 0.691. The highest BCUT2D eigenvalue weighted by atomic mass is 127. The standard InChI is InChI=1S/C13H15BrINO3/c1-8(2-5-12(17)18)7-16-13(19)10-6-9(14)3-4-11(10)15/h3-4,6,8H,2,5,7H2,1H3,(H,16,19)(H,17,18). The van der Waals surface area contributed by atoms with E-state index in [0.717, 1.165) is 8.04 Å². The van der Waals surface area contributed by atoms with Crippen LogP contribution in [-0.2, 0) is 4.79 Å². The van der Waals surface area contributed by atoms with Gasteiger partial charge < -0.3 is 10.4 Å². The molecule has 1 aromatic rings. The maximum atomic E-state index is 12.0. The zero-order valence-electron chi connectivity index (χ0n) is 10.5. The molecule has 4 nitrogen and oxygen atoms in total. The number of halogens is 2. The first-order valence-electron chi connectivity index (χ1n) is 5.85. The molecule has 0 fully saturated rings. The molecule has 104 valence electrons. The Morgan fingerprint density at radius 2 is 2.16 bits per heavy atom. The molecule has 0 bridgehead atoms. The highest BCUT2D eigenvalue weighted by Crippen LogP contribution is 2.18. The number of rotatable bonds is 6. The van der Waals surface area contributed by atoms with Crippen molar-refractivity contribution in [2.75, 3.05) is 6.54 Å². The summed E-state index contributed by atoms with van der Waals surface area (Å²) in [5.74, 6) is -0.794. The van der Waals surface area contributed by atoms with Crippen LogP contribution in [0.5, 0.6) is 0 Å². The molecule has 0 saturated carbocycles. The van der Waals surface area contributed by atoms with Crippen LogP contribution in [0.15, 0.2) is 22.7 Å². The van der Waals surface area contributed by atoms with E-state index in [4.69, 9.17) is 5.11 Å². The number of carbonyl (C=O) groups excluding carboxylic acids is 1. The number of carboxylic acids is 1. The van der Waals surface area contributed by atoms with Gasteiger partial charge in [0.25, 0.3) is 5.91 Å². The molecule has 1 rings (SSSR count). The highest BCUT2D eigenvalue weighted by molar-refractivity contribution is 14.1. The molecule has 0 saturated heterocycles. The van der Waals surface area contributed by atoms with Gasteiger partial charge in [-0.1, -0.05) is 22.9 Å². The molecule has 0 aliphatic carbocycles. The third kappa shape index (κ3) is 5.90. The van der Waals surface area contributed by atoms with Crippen molar-refractivity contribution < 1.29 is 14.7 Å². The Bertz CT molecular complexity index is 479. The van der Waals surface area contributed by atoms with Crippen LogP contribution >= 0.6 is 38.5 Å². The van der Waals surface area contributed by atoms with Crippen LogP contribution in [0.4, 0.5) is 0 Å². The Morgan fingerprint density at radius 1 is 1.47 bits per heavy atom. The molecule has 0 aromatic heterocycles. The predicted octanol–water partition coefficient (Wildman–Crippen LogP) is 3.28. The number of hydrogen-bond donors (Lipinski definition) is 2. The van der Waals surface area contributed by atoms with Crippen LogP contribution < -0.4 is 5.32 Å². The van der Waals surface area contributed by atoms with Gasteiger partial charge in [0.15, 0.2) is 0 Å².